The molecule has 5 heteroatoms. The molecular formula is C13H26N4S. The van der Waals surface area contributed by atoms with E-state index in [0.717, 1.165) is 23.6 Å². The van der Waals surface area contributed by atoms with Crippen molar-refractivity contribution in [1.29, 1.82) is 0 Å². The van der Waals surface area contributed by atoms with Crippen LogP contribution in [0.3, 0.4) is 0 Å². The van der Waals surface area contributed by atoms with Crippen LogP contribution in [0.4, 0.5) is 11.5 Å². The van der Waals surface area contributed by atoms with Gasteiger partial charge in [0, 0.05) is 13.1 Å². The fraction of sp³-hybridized carbons (Fsp3) is 0.769. The van der Waals surface area contributed by atoms with E-state index < -0.39 is 0 Å². The highest BCUT2D eigenvalue weighted by Gasteiger charge is 2.16. The summed E-state index contributed by atoms with van der Waals surface area (Å²) in [6, 6.07) is 0.418. The third-order valence-electron chi connectivity index (χ3n) is 2.94. The summed E-state index contributed by atoms with van der Waals surface area (Å²) in [7, 11) is 1.94. The standard InChI is InChI=1S/C13H26N4S/c1-6-18-8-7-10(4)15-13-11(14)12(9(2)3)16-17(13)5/h9-10,15H,6-8,14H2,1-5H3. The number of rotatable bonds is 7. The van der Waals surface area contributed by atoms with Crippen LogP contribution in [0.15, 0.2) is 0 Å². The lowest BCUT2D eigenvalue weighted by Gasteiger charge is -2.15. The van der Waals surface area contributed by atoms with Gasteiger partial charge in [-0.1, -0.05) is 20.8 Å². The molecule has 0 aliphatic carbocycles. The second kappa shape index (κ2) is 6.92. The minimum absolute atomic E-state index is 0.359. The molecule has 0 aliphatic heterocycles. The highest BCUT2D eigenvalue weighted by atomic mass is 32.2. The predicted octanol–water partition coefficient (Wildman–Crippen LogP) is 3.07. The van der Waals surface area contributed by atoms with Gasteiger partial charge in [0.25, 0.3) is 0 Å². The van der Waals surface area contributed by atoms with E-state index in [2.05, 4.69) is 38.1 Å². The minimum atomic E-state index is 0.359. The maximum atomic E-state index is 6.16. The van der Waals surface area contributed by atoms with Crippen molar-refractivity contribution in [3.8, 4) is 0 Å². The molecule has 1 aromatic rings. The highest BCUT2D eigenvalue weighted by molar-refractivity contribution is 7.99. The number of nitrogens with one attached hydrogen (secondary N) is 1. The Bertz CT molecular complexity index is 373. The van der Waals surface area contributed by atoms with E-state index in [0.29, 0.717) is 12.0 Å². The predicted molar refractivity (Wildman–Crippen MR) is 82.4 cm³/mol. The molecule has 0 aromatic carbocycles. The van der Waals surface area contributed by atoms with Crippen molar-refractivity contribution in [2.45, 2.75) is 46.1 Å². The smallest absolute Gasteiger partial charge is 0.147 e. The Morgan fingerprint density at radius 2 is 2.06 bits per heavy atom. The molecule has 104 valence electrons. The number of hydrogen-bond acceptors (Lipinski definition) is 4. The van der Waals surface area contributed by atoms with Crippen LogP contribution < -0.4 is 11.1 Å². The van der Waals surface area contributed by atoms with Crippen LogP contribution in [0.1, 0.15) is 45.7 Å². The van der Waals surface area contributed by atoms with E-state index in [-0.39, 0.29) is 0 Å². The summed E-state index contributed by atoms with van der Waals surface area (Å²) in [5.74, 6) is 3.67. The van der Waals surface area contributed by atoms with Gasteiger partial charge in [-0.2, -0.15) is 16.9 Å². The fourth-order valence-corrected chi connectivity index (χ4v) is 2.68. The molecule has 0 bridgehead atoms. The molecule has 0 saturated carbocycles. The summed E-state index contributed by atoms with van der Waals surface area (Å²) in [6.07, 6.45) is 1.14. The first-order valence-electron chi connectivity index (χ1n) is 6.64. The molecule has 0 radical (unpaired) electrons. The molecule has 1 aromatic heterocycles. The molecule has 0 aliphatic rings. The molecule has 0 saturated heterocycles. The lowest BCUT2D eigenvalue weighted by molar-refractivity contribution is 0.697. The van der Waals surface area contributed by atoms with Gasteiger partial charge in [-0.3, -0.25) is 4.68 Å². The topological polar surface area (TPSA) is 55.9 Å². The molecular weight excluding hydrogens is 244 g/mol. The van der Waals surface area contributed by atoms with E-state index in [1.54, 1.807) is 0 Å². The summed E-state index contributed by atoms with van der Waals surface area (Å²) >= 11 is 1.97. The van der Waals surface area contributed by atoms with Crippen molar-refractivity contribution in [3.05, 3.63) is 5.69 Å². The second-order valence-corrected chi connectivity index (χ2v) is 6.35. The SMILES string of the molecule is CCSCCC(C)Nc1c(N)c(C(C)C)nn1C. The van der Waals surface area contributed by atoms with Gasteiger partial charge < -0.3 is 11.1 Å². The number of aryl methyl sites for hydroxylation is 1. The Morgan fingerprint density at radius 1 is 1.39 bits per heavy atom. The summed E-state index contributed by atoms with van der Waals surface area (Å²) in [6.45, 7) is 8.61. The van der Waals surface area contributed by atoms with Gasteiger partial charge in [-0.25, -0.2) is 0 Å². The Hall–Kier alpha value is -0.840. The highest BCUT2D eigenvalue weighted by Crippen LogP contribution is 2.28. The zero-order valence-electron chi connectivity index (χ0n) is 12.2. The van der Waals surface area contributed by atoms with Gasteiger partial charge in [0.15, 0.2) is 0 Å². The van der Waals surface area contributed by atoms with Crippen molar-refractivity contribution in [1.82, 2.24) is 9.78 Å². The number of anilines is 2. The van der Waals surface area contributed by atoms with Crippen molar-refractivity contribution in [3.63, 3.8) is 0 Å². The van der Waals surface area contributed by atoms with Gasteiger partial charge in [-0.15, -0.1) is 0 Å². The molecule has 0 spiro atoms. The van der Waals surface area contributed by atoms with Gasteiger partial charge in [0.05, 0.1) is 11.4 Å². The van der Waals surface area contributed by atoms with Gasteiger partial charge >= 0.3 is 0 Å². The Labute approximate surface area is 115 Å². The zero-order chi connectivity index (χ0) is 13.7. The first-order valence-corrected chi connectivity index (χ1v) is 7.79. The largest absolute Gasteiger partial charge is 0.394 e. The Balaban J connectivity index is 2.66. The number of nitrogens with zero attached hydrogens (tertiary/aromatic N) is 2. The van der Waals surface area contributed by atoms with Crippen molar-refractivity contribution < 1.29 is 0 Å². The number of nitrogens with two attached hydrogens (primary N) is 1. The van der Waals surface area contributed by atoms with Crippen LogP contribution in [-0.4, -0.2) is 27.3 Å². The zero-order valence-corrected chi connectivity index (χ0v) is 13.0. The van der Waals surface area contributed by atoms with Crippen LogP contribution >= 0.6 is 11.8 Å². The molecule has 0 fully saturated rings. The number of hydrogen-bond donors (Lipinski definition) is 2. The maximum Gasteiger partial charge on any atom is 0.147 e. The van der Waals surface area contributed by atoms with Crippen LogP contribution in [-0.2, 0) is 7.05 Å². The first-order chi connectivity index (χ1) is 8.47. The molecule has 1 heterocycles. The van der Waals surface area contributed by atoms with E-state index in [4.69, 9.17) is 5.73 Å². The fourth-order valence-electron chi connectivity index (χ4n) is 1.87. The molecule has 0 amide bonds. The second-order valence-electron chi connectivity index (χ2n) is 4.96. The van der Waals surface area contributed by atoms with Crippen LogP contribution in [0.2, 0.25) is 0 Å². The molecule has 1 atom stereocenters. The van der Waals surface area contributed by atoms with E-state index in [1.807, 2.05) is 23.5 Å². The third-order valence-corrected chi connectivity index (χ3v) is 3.87. The normalized spacial score (nSPS) is 13.0. The summed E-state index contributed by atoms with van der Waals surface area (Å²) in [5.41, 5.74) is 7.93. The lowest BCUT2D eigenvalue weighted by atomic mass is 10.1. The summed E-state index contributed by atoms with van der Waals surface area (Å²) in [5, 5.41) is 7.96. The lowest BCUT2D eigenvalue weighted by Crippen LogP contribution is -2.19. The van der Waals surface area contributed by atoms with Gasteiger partial charge in [0.2, 0.25) is 0 Å². The first kappa shape index (κ1) is 15.2. The van der Waals surface area contributed by atoms with Crippen LogP contribution in [0.25, 0.3) is 0 Å². The minimum Gasteiger partial charge on any atom is -0.394 e. The third kappa shape index (κ3) is 3.83. The quantitative estimate of drug-likeness (QED) is 0.748. The summed E-state index contributed by atoms with van der Waals surface area (Å²) < 4.78 is 1.86. The van der Waals surface area contributed by atoms with E-state index in [9.17, 15) is 0 Å². The molecule has 1 rings (SSSR count). The van der Waals surface area contributed by atoms with Crippen molar-refractivity contribution in [2.24, 2.45) is 7.05 Å². The van der Waals surface area contributed by atoms with Crippen LogP contribution in [0, 0.1) is 0 Å². The van der Waals surface area contributed by atoms with Gasteiger partial charge in [-0.05, 0) is 30.8 Å². The average Bonchev–Trinajstić information content (AvgIpc) is 2.57. The number of thioether (sulfide) groups is 1. The van der Waals surface area contributed by atoms with Crippen LogP contribution in [0.5, 0.6) is 0 Å². The Kier molecular flexibility index (Phi) is 5.85. The molecule has 3 N–H and O–H groups in total. The Morgan fingerprint density at radius 3 is 2.56 bits per heavy atom. The number of aromatic nitrogens is 2. The molecule has 4 nitrogen and oxygen atoms in total. The van der Waals surface area contributed by atoms with Crippen molar-refractivity contribution in [2.75, 3.05) is 22.6 Å². The summed E-state index contributed by atoms with van der Waals surface area (Å²) in [4.78, 5) is 0. The van der Waals surface area contributed by atoms with Gasteiger partial charge in [0.1, 0.15) is 5.82 Å². The monoisotopic (exact) mass is 270 g/mol. The van der Waals surface area contributed by atoms with Crippen molar-refractivity contribution >= 4 is 23.3 Å². The molecule has 1 unspecified atom stereocenters. The average molecular weight is 270 g/mol. The maximum absolute atomic E-state index is 6.16. The van der Waals surface area contributed by atoms with E-state index in [1.165, 1.54) is 11.5 Å². The van der Waals surface area contributed by atoms with E-state index >= 15 is 0 Å². The number of nitrogen functional groups attached to an aromatic ring is 1. The molecule has 18 heavy (non-hydrogen) atoms.